The standard InChI is InChI=1S/C26H26N4O3S/c1-16(18-6-5-9-21(15-18)33-3)28-25(32)24-11-10-23(34-24)22-12-13-27-26(30-22)29-20-8-4-7-19(14-20)17(2)31/h4-17,31H,1-3H3,(H,28,32)(H,27,29,30)/t16-,17?/m1/s1. The number of aliphatic hydroxyl groups excluding tert-OH is 1. The van der Waals surface area contributed by atoms with Crippen molar-refractivity contribution < 1.29 is 14.6 Å². The van der Waals surface area contributed by atoms with Crippen LogP contribution < -0.4 is 15.4 Å². The third kappa shape index (κ3) is 5.59. The van der Waals surface area contributed by atoms with Crippen molar-refractivity contribution in [1.29, 1.82) is 0 Å². The van der Waals surface area contributed by atoms with Crippen molar-refractivity contribution >= 4 is 28.9 Å². The molecule has 2 aromatic carbocycles. The number of nitrogens with zero attached hydrogens (tertiary/aromatic N) is 2. The molecule has 0 radical (unpaired) electrons. The topological polar surface area (TPSA) is 96.4 Å². The van der Waals surface area contributed by atoms with Crippen molar-refractivity contribution in [2.24, 2.45) is 0 Å². The van der Waals surface area contributed by atoms with Crippen LogP contribution in [0.2, 0.25) is 0 Å². The van der Waals surface area contributed by atoms with Gasteiger partial charge in [0.15, 0.2) is 0 Å². The molecule has 0 spiro atoms. The van der Waals surface area contributed by atoms with E-state index in [9.17, 15) is 9.90 Å². The molecule has 174 valence electrons. The summed E-state index contributed by atoms with van der Waals surface area (Å²) >= 11 is 1.37. The molecule has 4 aromatic rings. The molecular weight excluding hydrogens is 448 g/mol. The van der Waals surface area contributed by atoms with Gasteiger partial charge in [0, 0.05) is 11.9 Å². The summed E-state index contributed by atoms with van der Waals surface area (Å²) < 4.78 is 5.27. The average molecular weight is 475 g/mol. The highest BCUT2D eigenvalue weighted by Crippen LogP contribution is 2.28. The number of thiophene rings is 1. The molecule has 0 aliphatic rings. The monoisotopic (exact) mass is 474 g/mol. The molecule has 0 saturated heterocycles. The first-order valence-corrected chi connectivity index (χ1v) is 11.7. The molecule has 0 saturated carbocycles. The van der Waals surface area contributed by atoms with Gasteiger partial charge in [-0.1, -0.05) is 24.3 Å². The molecule has 0 bridgehead atoms. The van der Waals surface area contributed by atoms with Gasteiger partial charge in [0.1, 0.15) is 5.75 Å². The maximum absolute atomic E-state index is 12.8. The Morgan fingerprint density at radius 3 is 2.62 bits per heavy atom. The molecule has 2 heterocycles. The van der Waals surface area contributed by atoms with Gasteiger partial charge in [0.2, 0.25) is 5.95 Å². The highest BCUT2D eigenvalue weighted by atomic mass is 32.1. The molecule has 3 N–H and O–H groups in total. The normalized spacial score (nSPS) is 12.6. The van der Waals surface area contributed by atoms with Crippen molar-refractivity contribution in [2.45, 2.75) is 26.0 Å². The molecule has 1 amide bonds. The van der Waals surface area contributed by atoms with E-state index in [0.717, 1.165) is 27.4 Å². The molecule has 4 rings (SSSR count). The Morgan fingerprint density at radius 2 is 1.82 bits per heavy atom. The van der Waals surface area contributed by atoms with Crippen LogP contribution in [0.25, 0.3) is 10.6 Å². The van der Waals surface area contributed by atoms with E-state index in [-0.39, 0.29) is 11.9 Å². The van der Waals surface area contributed by atoms with Crippen LogP contribution in [-0.4, -0.2) is 28.1 Å². The molecule has 2 atom stereocenters. The summed E-state index contributed by atoms with van der Waals surface area (Å²) in [7, 11) is 1.62. The van der Waals surface area contributed by atoms with E-state index in [2.05, 4.69) is 20.6 Å². The number of aromatic nitrogens is 2. The van der Waals surface area contributed by atoms with Crippen LogP contribution in [0.5, 0.6) is 5.75 Å². The number of rotatable bonds is 8. The van der Waals surface area contributed by atoms with E-state index < -0.39 is 6.10 Å². The zero-order valence-electron chi connectivity index (χ0n) is 19.1. The lowest BCUT2D eigenvalue weighted by molar-refractivity contribution is 0.0944. The number of benzene rings is 2. The van der Waals surface area contributed by atoms with Crippen LogP contribution >= 0.6 is 11.3 Å². The zero-order chi connectivity index (χ0) is 24.1. The molecule has 7 nitrogen and oxygen atoms in total. The first-order chi connectivity index (χ1) is 16.4. The van der Waals surface area contributed by atoms with Gasteiger partial charge in [-0.15, -0.1) is 11.3 Å². The summed E-state index contributed by atoms with van der Waals surface area (Å²) in [5, 5.41) is 16.0. The number of methoxy groups -OCH3 is 1. The van der Waals surface area contributed by atoms with Crippen molar-refractivity contribution in [2.75, 3.05) is 12.4 Å². The quantitative estimate of drug-likeness (QED) is 0.312. The number of anilines is 2. The van der Waals surface area contributed by atoms with Gasteiger partial charge in [0.25, 0.3) is 5.91 Å². The first-order valence-electron chi connectivity index (χ1n) is 10.9. The van der Waals surface area contributed by atoms with Gasteiger partial charge in [-0.25, -0.2) is 9.97 Å². The van der Waals surface area contributed by atoms with E-state index in [1.165, 1.54) is 11.3 Å². The van der Waals surface area contributed by atoms with E-state index in [1.807, 2.05) is 67.6 Å². The van der Waals surface area contributed by atoms with Crippen LogP contribution in [0.4, 0.5) is 11.6 Å². The molecule has 0 fully saturated rings. The van der Waals surface area contributed by atoms with Crippen LogP contribution in [0.1, 0.15) is 46.8 Å². The van der Waals surface area contributed by atoms with E-state index in [1.54, 1.807) is 26.3 Å². The summed E-state index contributed by atoms with van der Waals surface area (Å²) in [6.45, 7) is 3.66. The minimum atomic E-state index is -0.559. The Bertz CT molecular complexity index is 1290. The molecule has 0 aliphatic carbocycles. The van der Waals surface area contributed by atoms with Crippen LogP contribution in [-0.2, 0) is 0 Å². The molecule has 8 heteroatoms. The van der Waals surface area contributed by atoms with Gasteiger partial charge in [-0.2, -0.15) is 0 Å². The van der Waals surface area contributed by atoms with E-state index in [0.29, 0.717) is 16.5 Å². The number of hydrogen-bond acceptors (Lipinski definition) is 7. The smallest absolute Gasteiger partial charge is 0.261 e. The number of hydrogen-bond donors (Lipinski definition) is 3. The largest absolute Gasteiger partial charge is 0.497 e. The van der Waals surface area contributed by atoms with Gasteiger partial charge in [0.05, 0.1) is 34.7 Å². The third-order valence-corrected chi connectivity index (χ3v) is 6.41. The lowest BCUT2D eigenvalue weighted by Crippen LogP contribution is -2.25. The number of aliphatic hydroxyl groups is 1. The molecule has 0 aliphatic heterocycles. The Hall–Kier alpha value is -3.75. The Morgan fingerprint density at radius 1 is 1.03 bits per heavy atom. The lowest BCUT2D eigenvalue weighted by Gasteiger charge is -2.14. The highest BCUT2D eigenvalue weighted by Gasteiger charge is 2.15. The fourth-order valence-corrected chi connectivity index (χ4v) is 4.30. The summed E-state index contributed by atoms with van der Waals surface area (Å²) in [5.74, 6) is 1.04. The van der Waals surface area contributed by atoms with Crippen molar-refractivity contribution in [3.05, 3.63) is 88.9 Å². The summed E-state index contributed by atoms with van der Waals surface area (Å²) in [6, 6.07) is 20.5. The Kier molecular flexibility index (Phi) is 7.20. The molecule has 34 heavy (non-hydrogen) atoms. The zero-order valence-corrected chi connectivity index (χ0v) is 20.0. The fourth-order valence-electron chi connectivity index (χ4n) is 3.42. The third-order valence-electron chi connectivity index (χ3n) is 5.30. The van der Waals surface area contributed by atoms with Crippen molar-refractivity contribution in [3.8, 4) is 16.3 Å². The summed E-state index contributed by atoms with van der Waals surface area (Å²) in [5.41, 5.74) is 3.27. The predicted molar refractivity (Wildman–Crippen MR) is 135 cm³/mol. The average Bonchev–Trinajstić information content (AvgIpc) is 3.35. The number of nitrogens with one attached hydrogen (secondary N) is 2. The Balaban J connectivity index is 1.46. The number of carbonyl (C=O) groups is 1. The molecular formula is C26H26N4O3S. The van der Waals surface area contributed by atoms with Gasteiger partial charge in [-0.05, 0) is 67.4 Å². The minimum Gasteiger partial charge on any atom is -0.497 e. The lowest BCUT2D eigenvalue weighted by atomic mass is 10.1. The second-order valence-electron chi connectivity index (χ2n) is 7.83. The summed E-state index contributed by atoms with van der Waals surface area (Å²) in [4.78, 5) is 23.2. The Labute approximate surface area is 202 Å². The molecule has 2 aromatic heterocycles. The van der Waals surface area contributed by atoms with Gasteiger partial charge >= 0.3 is 0 Å². The fraction of sp³-hybridized carbons (Fsp3) is 0.192. The highest BCUT2D eigenvalue weighted by molar-refractivity contribution is 7.17. The van der Waals surface area contributed by atoms with E-state index in [4.69, 9.17) is 4.74 Å². The number of amides is 1. The second kappa shape index (κ2) is 10.5. The van der Waals surface area contributed by atoms with Crippen LogP contribution in [0.3, 0.4) is 0 Å². The second-order valence-corrected chi connectivity index (χ2v) is 8.91. The maximum Gasteiger partial charge on any atom is 0.261 e. The molecule has 1 unspecified atom stereocenters. The predicted octanol–water partition coefficient (Wildman–Crippen LogP) is 5.50. The van der Waals surface area contributed by atoms with Gasteiger partial charge < -0.3 is 20.5 Å². The van der Waals surface area contributed by atoms with Crippen molar-refractivity contribution in [3.63, 3.8) is 0 Å². The van der Waals surface area contributed by atoms with Crippen LogP contribution in [0.15, 0.2) is 72.9 Å². The minimum absolute atomic E-state index is 0.145. The van der Waals surface area contributed by atoms with Crippen LogP contribution in [0, 0.1) is 0 Å². The maximum atomic E-state index is 12.8. The van der Waals surface area contributed by atoms with E-state index >= 15 is 0 Å². The number of carbonyl (C=O) groups excluding carboxylic acids is 1. The van der Waals surface area contributed by atoms with Gasteiger partial charge in [-0.3, -0.25) is 4.79 Å². The number of ether oxygens (including phenoxy) is 1. The van der Waals surface area contributed by atoms with Crippen molar-refractivity contribution in [1.82, 2.24) is 15.3 Å². The SMILES string of the molecule is COc1cccc([C@@H](C)NC(=O)c2ccc(-c3ccnc(Nc4cccc(C(C)O)c4)n3)s2)c1. The summed E-state index contributed by atoms with van der Waals surface area (Å²) in [6.07, 6.45) is 1.12. The first kappa shape index (κ1) is 23.4.